The van der Waals surface area contributed by atoms with Gasteiger partial charge in [-0.1, -0.05) is 39.0 Å². The van der Waals surface area contributed by atoms with E-state index in [9.17, 15) is 14.7 Å². The second kappa shape index (κ2) is 14.4. The number of ether oxygens (including phenoxy) is 1. The summed E-state index contributed by atoms with van der Waals surface area (Å²) < 4.78 is 6.08. The van der Waals surface area contributed by atoms with Gasteiger partial charge in [0.2, 0.25) is 5.91 Å². The SMILES string of the molecule is COc1c(CN2O[C@@H](CN)[C@@H]([C@H](C)O)[C@H]2C(=O)N[C@H]2C[C@@H]3C[C@H]([C@@H]2C)C3(C)C)cccc1-c1cc(C(=O)NC2CCN(C)C2)cc(N(C)C)c1. The third-order valence-electron chi connectivity index (χ3n) is 12.5. The Morgan fingerprint density at radius 1 is 1.18 bits per heavy atom. The molecule has 7 rings (SSSR count). The molecule has 0 radical (unpaired) electrons. The van der Waals surface area contributed by atoms with Gasteiger partial charge in [0, 0.05) is 67.6 Å². The van der Waals surface area contributed by atoms with E-state index in [0.29, 0.717) is 34.5 Å². The van der Waals surface area contributed by atoms with Crippen molar-refractivity contribution >= 4 is 17.5 Å². The van der Waals surface area contributed by atoms with E-state index in [1.165, 1.54) is 6.42 Å². The number of hydroxylamine groups is 2. The van der Waals surface area contributed by atoms with Crippen LogP contribution in [0.1, 0.15) is 62.9 Å². The van der Waals surface area contributed by atoms with Gasteiger partial charge < -0.3 is 36.0 Å². The molecule has 274 valence electrons. The van der Waals surface area contributed by atoms with Crippen LogP contribution < -0.4 is 26.0 Å². The highest BCUT2D eigenvalue weighted by molar-refractivity contribution is 5.97. The number of nitrogens with one attached hydrogen (secondary N) is 2. The normalized spacial score (nSPS) is 31.2. The van der Waals surface area contributed by atoms with Crippen molar-refractivity contribution in [2.24, 2.45) is 34.8 Å². The van der Waals surface area contributed by atoms with E-state index in [2.05, 4.69) is 49.4 Å². The Morgan fingerprint density at radius 3 is 2.54 bits per heavy atom. The first kappa shape index (κ1) is 36.6. The molecule has 5 fully saturated rings. The van der Waals surface area contributed by atoms with Crippen molar-refractivity contribution in [3.63, 3.8) is 0 Å². The molecule has 0 spiro atoms. The van der Waals surface area contributed by atoms with E-state index >= 15 is 0 Å². The molecule has 11 nitrogen and oxygen atoms in total. The van der Waals surface area contributed by atoms with Crippen molar-refractivity contribution in [3.05, 3.63) is 47.5 Å². The lowest BCUT2D eigenvalue weighted by Crippen LogP contribution is -2.62. The molecule has 2 aliphatic heterocycles. The van der Waals surface area contributed by atoms with Gasteiger partial charge in [-0.2, -0.15) is 5.06 Å². The number of carbonyl (C=O) groups is 2. The molecule has 2 saturated heterocycles. The number of rotatable bonds is 11. The smallest absolute Gasteiger partial charge is 0.251 e. The summed E-state index contributed by atoms with van der Waals surface area (Å²) in [4.78, 5) is 38.3. The maximum absolute atomic E-state index is 14.2. The van der Waals surface area contributed by atoms with Gasteiger partial charge in [0.25, 0.3) is 5.91 Å². The molecule has 2 aromatic rings. The number of likely N-dealkylation sites (N-methyl/N-ethyl adjacent to an activating group) is 1. The molecule has 0 aromatic heterocycles. The Balaban J connectivity index is 1.28. The van der Waals surface area contributed by atoms with Crippen LogP contribution in [0.2, 0.25) is 0 Å². The van der Waals surface area contributed by atoms with E-state index in [-0.39, 0.29) is 37.0 Å². The summed E-state index contributed by atoms with van der Waals surface area (Å²) in [6, 6.07) is 11.2. The zero-order valence-corrected chi connectivity index (χ0v) is 31.1. The first-order chi connectivity index (χ1) is 23.7. The molecule has 2 aromatic carbocycles. The summed E-state index contributed by atoms with van der Waals surface area (Å²) in [5, 5.41) is 19.3. The molecule has 1 unspecified atom stereocenters. The van der Waals surface area contributed by atoms with Crippen molar-refractivity contribution in [1.29, 1.82) is 0 Å². The monoisotopic (exact) mass is 690 g/mol. The van der Waals surface area contributed by atoms with Gasteiger partial charge in [0.15, 0.2) is 0 Å². The second-order valence-corrected chi connectivity index (χ2v) is 16.2. The van der Waals surface area contributed by atoms with E-state index in [1.54, 1.807) is 19.1 Å². The van der Waals surface area contributed by atoms with Gasteiger partial charge in [0.05, 0.1) is 25.9 Å². The quantitative estimate of drug-likeness (QED) is 0.280. The Kier molecular flexibility index (Phi) is 10.5. The van der Waals surface area contributed by atoms with Crippen LogP contribution in [0, 0.1) is 29.1 Å². The fourth-order valence-electron chi connectivity index (χ4n) is 9.35. The number of aliphatic hydroxyl groups is 1. The van der Waals surface area contributed by atoms with Crippen LogP contribution in [-0.2, 0) is 16.2 Å². The number of para-hydroxylation sites is 1. The van der Waals surface area contributed by atoms with Crippen LogP contribution in [0.25, 0.3) is 11.1 Å². The molecule has 11 heteroatoms. The van der Waals surface area contributed by atoms with Crippen molar-refractivity contribution in [1.82, 2.24) is 20.6 Å². The standard InChI is InChI=1S/C39H58N6O5/c1-22-31-17-27(39(31,3)4)18-32(22)42-38(48)35-34(23(2)46)33(19-40)50-45(35)20-24-10-9-11-30(36(24)49-8)25-14-26(16-29(15-25)43(5)6)37(47)41-28-12-13-44(7)21-28/h9-11,14-16,22-23,27-28,31-35,46H,12-13,17-21,40H2,1-8H3,(H,41,47)(H,42,48)/t22-,23-,27-,28?,31+,32-,33-,34+,35-/m0/s1. The molecule has 50 heavy (non-hydrogen) atoms. The molecule has 3 saturated carbocycles. The third kappa shape index (κ3) is 6.87. The van der Waals surface area contributed by atoms with Gasteiger partial charge in [0.1, 0.15) is 11.8 Å². The second-order valence-electron chi connectivity index (χ2n) is 16.2. The lowest BCUT2D eigenvalue weighted by Gasteiger charge is -2.62. The summed E-state index contributed by atoms with van der Waals surface area (Å²) in [5.74, 6) is 1.44. The number of likely N-dealkylation sites (tertiary alicyclic amines) is 1. The average Bonchev–Trinajstić information content (AvgIpc) is 3.67. The number of anilines is 1. The summed E-state index contributed by atoms with van der Waals surface area (Å²) >= 11 is 0. The van der Waals surface area contributed by atoms with E-state index in [4.69, 9.17) is 15.3 Å². The number of amides is 2. The lowest BCUT2D eigenvalue weighted by molar-refractivity contribution is -0.175. The number of hydrogen-bond donors (Lipinski definition) is 4. The molecule has 2 heterocycles. The Labute approximate surface area is 297 Å². The Morgan fingerprint density at radius 2 is 1.94 bits per heavy atom. The summed E-state index contributed by atoms with van der Waals surface area (Å²) in [6.07, 6.45) is 1.78. The van der Waals surface area contributed by atoms with Gasteiger partial charge in [-0.15, -0.1) is 0 Å². The highest BCUT2D eigenvalue weighted by atomic mass is 16.7. The summed E-state index contributed by atoms with van der Waals surface area (Å²) in [5.41, 5.74) is 10.4. The number of benzene rings is 2. The van der Waals surface area contributed by atoms with Crippen LogP contribution in [0.4, 0.5) is 5.69 Å². The van der Waals surface area contributed by atoms with Gasteiger partial charge in [-0.25, -0.2) is 0 Å². The van der Waals surface area contributed by atoms with Crippen molar-refractivity contribution < 1.29 is 24.3 Å². The molecule has 2 amide bonds. The van der Waals surface area contributed by atoms with Gasteiger partial charge in [-0.3, -0.25) is 14.4 Å². The van der Waals surface area contributed by atoms with Crippen LogP contribution in [0.3, 0.4) is 0 Å². The van der Waals surface area contributed by atoms with Crippen molar-refractivity contribution in [2.45, 2.75) is 83.8 Å². The van der Waals surface area contributed by atoms with E-state index in [1.807, 2.05) is 49.3 Å². The maximum atomic E-state index is 14.2. The van der Waals surface area contributed by atoms with Crippen molar-refractivity contribution in [2.75, 3.05) is 52.8 Å². The molecule has 2 bridgehead atoms. The Bertz CT molecular complexity index is 1560. The fraction of sp³-hybridized carbons (Fsp3) is 0.641. The maximum Gasteiger partial charge on any atom is 0.251 e. The number of nitrogens with zero attached hydrogens (tertiary/aromatic N) is 3. The van der Waals surface area contributed by atoms with E-state index in [0.717, 1.165) is 48.3 Å². The third-order valence-corrected chi connectivity index (χ3v) is 12.5. The predicted octanol–water partition coefficient (Wildman–Crippen LogP) is 3.49. The van der Waals surface area contributed by atoms with Crippen LogP contribution in [0.5, 0.6) is 5.75 Å². The lowest BCUT2D eigenvalue weighted by atomic mass is 9.45. The fourth-order valence-corrected chi connectivity index (χ4v) is 9.35. The largest absolute Gasteiger partial charge is 0.496 e. The predicted molar refractivity (Wildman–Crippen MR) is 196 cm³/mol. The highest BCUT2D eigenvalue weighted by Crippen LogP contribution is 2.61. The number of aliphatic hydroxyl groups excluding tert-OH is 1. The molecule has 3 aliphatic carbocycles. The number of carbonyl (C=O) groups excluding carboxylic acids is 2. The summed E-state index contributed by atoms with van der Waals surface area (Å²) in [7, 11) is 7.62. The number of nitrogens with two attached hydrogens (primary N) is 1. The number of hydrogen-bond acceptors (Lipinski definition) is 9. The first-order valence-corrected chi connectivity index (χ1v) is 18.3. The van der Waals surface area contributed by atoms with Gasteiger partial charge in [-0.05, 0) is 86.7 Å². The minimum absolute atomic E-state index is 0.0792. The number of methoxy groups -OCH3 is 1. The van der Waals surface area contributed by atoms with Gasteiger partial charge >= 0.3 is 0 Å². The molecular formula is C39H58N6O5. The minimum Gasteiger partial charge on any atom is -0.496 e. The molecule has 5 N–H and O–H groups in total. The summed E-state index contributed by atoms with van der Waals surface area (Å²) in [6.45, 7) is 10.9. The van der Waals surface area contributed by atoms with E-state index < -0.39 is 24.2 Å². The zero-order valence-electron chi connectivity index (χ0n) is 31.1. The van der Waals surface area contributed by atoms with Crippen molar-refractivity contribution in [3.8, 4) is 16.9 Å². The average molecular weight is 691 g/mol. The molecule has 5 aliphatic rings. The van der Waals surface area contributed by atoms with Crippen LogP contribution >= 0.6 is 0 Å². The Hall–Kier alpha value is -3.22. The minimum atomic E-state index is -0.809. The van der Waals surface area contributed by atoms with Crippen LogP contribution in [0.15, 0.2) is 36.4 Å². The first-order valence-electron chi connectivity index (χ1n) is 18.3. The molecule has 9 atom stereocenters. The number of fused-ring (bicyclic) bond motifs is 2. The molecular weight excluding hydrogens is 632 g/mol. The highest BCUT2D eigenvalue weighted by Gasteiger charge is 2.57. The zero-order chi connectivity index (χ0) is 36.1. The topological polar surface area (TPSA) is 133 Å². The van der Waals surface area contributed by atoms with Crippen LogP contribution in [-0.4, -0.2) is 105 Å².